The van der Waals surface area contributed by atoms with Crippen molar-refractivity contribution in [3.63, 3.8) is 0 Å². The number of carbonyl (C=O) groups excluding carboxylic acids is 3. The summed E-state index contributed by atoms with van der Waals surface area (Å²) in [7, 11) is 2.90. The van der Waals surface area contributed by atoms with Gasteiger partial charge in [-0.15, -0.1) is 0 Å². The molecule has 1 aromatic carbocycles. The highest BCUT2D eigenvalue weighted by atomic mass is 16.6. The smallest absolute Gasteiger partial charge is 0.416 e. The van der Waals surface area contributed by atoms with E-state index in [9.17, 15) is 14.4 Å². The van der Waals surface area contributed by atoms with E-state index in [-0.39, 0.29) is 25.1 Å². The lowest BCUT2D eigenvalue weighted by Gasteiger charge is -2.39. The minimum Gasteiger partial charge on any atom is -0.497 e. The zero-order chi connectivity index (χ0) is 19.4. The molecular formula is C19H24N2O6. The first-order chi connectivity index (χ1) is 13.1. The van der Waals surface area contributed by atoms with Crippen LogP contribution in [0.15, 0.2) is 24.3 Å². The Morgan fingerprint density at radius 3 is 2.48 bits per heavy atom. The van der Waals surface area contributed by atoms with Gasteiger partial charge in [0.2, 0.25) is 5.91 Å². The van der Waals surface area contributed by atoms with Crippen LogP contribution in [0.25, 0.3) is 0 Å². The summed E-state index contributed by atoms with van der Waals surface area (Å²) in [6, 6.07) is 6.74. The molecule has 2 heterocycles. The molecule has 8 nitrogen and oxygen atoms in total. The predicted molar refractivity (Wildman–Crippen MR) is 95.5 cm³/mol. The Morgan fingerprint density at radius 2 is 1.89 bits per heavy atom. The predicted octanol–water partition coefficient (Wildman–Crippen LogP) is 2.38. The van der Waals surface area contributed by atoms with Gasteiger partial charge in [-0.05, 0) is 37.0 Å². The van der Waals surface area contributed by atoms with E-state index in [0.717, 1.165) is 23.3 Å². The molecule has 146 valence electrons. The fourth-order valence-corrected chi connectivity index (χ4v) is 3.75. The number of ether oxygens (including phenoxy) is 3. The molecule has 27 heavy (non-hydrogen) atoms. The molecule has 2 aliphatic heterocycles. The van der Waals surface area contributed by atoms with Gasteiger partial charge in [-0.25, -0.2) is 14.5 Å². The lowest BCUT2D eigenvalue weighted by molar-refractivity contribution is -0.131. The molecule has 0 aliphatic carbocycles. The molecule has 2 atom stereocenters. The number of carbonyl (C=O) groups is 3. The van der Waals surface area contributed by atoms with E-state index in [0.29, 0.717) is 18.7 Å². The number of methoxy groups -OCH3 is 2. The molecule has 0 aromatic heterocycles. The Hall–Kier alpha value is -2.77. The van der Waals surface area contributed by atoms with E-state index >= 15 is 0 Å². The number of amides is 3. The zero-order valence-corrected chi connectivity index (χ0v) is 15.6. The summed E-state index contributed by atoms with van der Waals surface area (Å²) < 4.78 is 15.0. The average Bonchev–Trinajstić information content (AvgIpc) is 3.14. The van der Waals surface area contributed by atoms with Crippen molar-refractivity contribution in [3.8, 4) is 5.75 Å². The number of nitrogens with zero attached hydrogens (tertiary/aromatic N) is 2. The highest BCUT2D eigenvalue weighted by Crippen LogP contribution is 2.34. The minimum absolute atomic E-state index is 0.186. The van der Waals surface area contributed by atoms with E-state index in [1.807, 2.05) is 0 Å². The summed E-state index contributed by atoms with van der Waals surface area (Å²) in [5.74, 6) is -0.372. The first-order valence-electron chi connectivity index (χ1n) is 9.03. The number of imide groups is 1. The highest BCUT2D eigenvalue weighted by Gasteiger charge is 2.43. The first-order valence-corrected chi connectivity index (χ1v) is 9.03. The van der Waals surface area contributed by atoms with E-state index < -0.39 is 18.1 Å². The van der Waals surface area contributed by atoms with Crippen LogP contribution in [-0.2, 0) is 14.3 Å². The van der Waals surface area contributed by atoms with Crippen LogP contribution >= 0.6 is 0 Å². The number of cyclic esters (lactones) is 1. The Bertz CT molecular complexity index is 705. The Labute approximate surface area is 158 Å². The molecule has 0 radical (unpaired) electrons. The molecule has 8 heteroatoms. The topological polar surface area (TPSA) is 85.4 Å². The summed E-state index contributed by atoms with van der Waals surface area (Å²) in [6.07, 6.45) is 1.29. The van der Waals surface area contributed by atoms with Crippen LogP contribution in [0, 0.1) is 0 Å². The monoisotopic (exact) mass is 376 g/mol. The van der Waals surface area contributed by atoms with E-state index in [4.69, 9.17) is 14.2 Å². The normalized spacial score (nSPS) is 20.8. The van der Waals surface area contributed by atoms with Crippen molar-refractivity contribution in [2.45, 2.75) is 31.2 Å². The number of hydrogen-bond acceptors (Lipinski definition) is 6. The van der Waals surface area contributed by atoms with E-state index in [1.165, 1.54) is 7.11 Å². The second kappa shape index (κ2) is 8.28. The van der Waals surface area contributed by atoms with Gasteiger partial charge in [0.05, 0.1) is 32.7 Å². The molecule has 2 aliphatic rings. The summed E-state index contributed by atoms with van der Waals surface area (Å²) >= 11 is 0. The van der Waals surface area contributed by atoms with Gasteiger partial charge in [0, 0.05) is 6.54 Å². The van der Waals surface area contributed by atoms with Crippen molar-refractivity contribution >= 4 is 18.1 Å². The van der Waals surface area contributed by atoms with Crippen LogP contribution in [0.5, 0.6) is 5.75 Å². The Balaban J connectivity index is 1.98. The maximum absolute atomic E-state index is 13.3. The van der Waals surface area contributed by atoms with Crippen molar-refractivity contribution in [2.75, 3.05) is 33.9 Å². The van der Waals surface area contributed by atoms with Gasteiger partial charge in [-0.2, -0.15) is 0 Å². The molecule has 3 rings (SSSR count). The number of rotatable bonds is 4. The maximum atomic E-state index is 13.3. The number of piperidine rings is 1. The van der Waals surface area contributed by atoms with Crippen LogP contribution < -0.4 is 4.74 Å². The quantitative estimate of drug-likeness (QED) is 0.802. The van der Waals surface area contributed by atoms with Crippen LogP contribution in [-0.4, -0.2) is 67.9 Å². The summed E-state index contributed by atoms with van der Waals surface area (Å²) in [5.41, 5.74) is 0.723. The summed E-state index contributed by atoms with van der Waals surface area (Å²) in [5, 5.41) is 0. The zero-order valence-electron chi connectivity index (χ0n) is 15.6. The highest BCUT2D eigenvalue weighted by molar-refractivity contribution is 5.97. The van der Waals surface area contributed by atoms with Crippen LogP contribution in [0.1, 0.15) is 30.7 Å². The SMILES string of the molecule is COC(=O)N1CCCCC1C(C(=O)N1CCOC1=O)c1ccc(OC)cc1. The van der Waals surface area contributed by atoms with Gasteiger partial charge in [0.25, 0.3) is 0 Å². The molecular weight excluding hydrogens is 352 g/mol. The second-order valence-electron chi connectivity index (χ2n) is 6.58. The van der Waals surface area contributed by atoms with Gasteiger partial charge >= 0.3 is 12.2 Å². The van der Waals surface area contributed by atoms with E-state index in [2.05, 4.69) is 0 Å². The number of benzene rings is 1. The van der Waals surface area contributed by atoms with Gasteiger partial charge in [0.15, 0.2) is 0 Å². The van der Waals surface area contributed by atoms with E-state index in [1.54, 1.807) is 36.3 Å². The van der Waals surface area contributed by atoms with Crippen LogP contribution in [0.3, 0.4) is 0 Å². The standard InChI is InChI=1S/C19H24N2O6/c1-25-14-8-6-13(7-9-14)16(17(22)21-11-12-27-19(21)24)15-5-3-4-10-20(15)18(23)26-2/h6-9,15-16H,3-5,10-12H2,1-2H3. The molecule has 0 bridgehead atoms. The van der Waals surface area contributed by atoms with Crippen LogP contribution in [0.4, 0.5) is 9.59 Å². The summed E-state index contributed by atoms with van der Waals surface area (Å²) in [6.45, 7) is 0.919. The average molecular weight is 376 g/mol. The second-order valence-corrected chi connectivity index (χ2v) is 6.58. The van der Waals surface area contributed by atoms with Crippen LogP contribution in [0.2, 0.25) is 0 Å². The van der Waals surface area contributed by atoms with Crippen molar-refractivity contribution < 1.29 is 28.6 Å². The van der Waals surface area contributed by atoms with Crippen molar-refractivity contribution in [2.24, 2.45) is 0 Å². The third kappa shape index (κ3) is 3.84. The molecule has 0 saturated carbocycles. The van der Waals surface area contributed by atoms with Crippen molar-refractivity contribution in [1.29, 1.82) is 0 Å². The summed E-state index contributed by atoms with van der Waals surface area (Å²) in [4.78, 5) is 40.3. The number of likely N-dealkylation sites (tertiary alicyclic amines) is 1. The van der Waals surface area contributed by atoms with Gasteiger partial charge in [-0.3, -0.25) is 4.79 Å². The number of hydrogen-bond donors (Lipinski definition) is 0. The van der Waals surface area contributed by atoms with Gasteiger partial charge < -0.3 is 19.1 Å². The fourth-order valence-electron chi connectivity index (χ4n) is 3.75. The molecule has 1 aromatic rings. The van der Waals surface area contributed by atoms with Gasteiger partial charge in [-0.1, -0.05) is 12.1 Å². The molecule has 2 unspecified atom stereocenters. The van der Waals surface area contributed by atoms with Crippen molar-refractivity contribution in [1.82, 2.24) is 9.80 Å². The largest absolute Gasteiger partial charge is 0.497 e. The minimum atomic E-state index is -0.680. The molecule has 2 saturated heterocycles. The fraction of sp³-hybridized carbons (Fsp3) is 0.526. The molecule has 0 spiro atoms. The first kappa shape index (κ1) is 19.0. The maximum Gasteiger partial charge on any atom is 0.416 e. The third-order valence-corrected chi connectivity index (χ3v) is 5.11. The molecule has 2 fully saturated rings. The Kier molecular flexibility index (Phi) is 5.83. The molecule has 3 amide bonds. The van der Waals surface area contributed by atoms with Gasteiger partial charge in [0.1, 0.15) is 12.4 Å². The lowest BCUT2D eigenvalue weighted by Crippen LogP contribution is -2.51. The Morgan fingerprint density at radius 1 is 1.15 bits per heavy atom. The lowest BCUT2D eigenvalue weighted by atomic mass is 9.84. The van der Waals surface area contributed by atoms with Crippen molar-refractivity contribution in [3.05, 3.63) is 29.8 Å². The molecule has 0 N–H and O–H groups in total. The third-order valence-electron chi connectivity index (χ3n) is 5.11.